The van der Waals surface area contributed by atoms with Crippen LogP contribution < -0.4 is 0 Å². The zero-order chi connectivity index (χ0) is 16.7. The molecule has 0 spiro atoms. The molecule has 2 aromatic carbocycles. The van der Waals surface area contributed by atoms with Crippen LogP contribution in [0.25, 0.3) is 0 Å². The van der Waals surface area contributed by atoms with Gasteiger partial charge in [0.05, 0.1) is 0 Å². The van der Waals surface area contributed by atoms with Gasteiger partial charge in [0.1, 0.15) is 18.4 Å². The molecular formula is C19H17FN2O2. The Bertz CT molecular complexity index is 803. The first-order valence-corrected chi connectivity index (χ1v) is 8.01. The summed E-state index contributed by atoms with van der Waals surface area (Å²) in [6, 6.07) is 13.5. The molecule has 0 N–H and O–H groups in total. The molecule has 0 unspecified atom stereocenters. The predicted molar refractivity (Wildman–Crippen MR) is 86.3 cm³/mol. The number of halogens is 1. The molecule has 0 aliphatic carbocycles. The Morgan fingerprint density at radius 1 is 0.958 bits per heavy atom. The third kappa shape index (κ3) is 2.56. The van der Waals surface area contributed by atoms with Crippen LogP contribution in [0.5, 0.6) is 0 Å². The maximum absolute atomic E-state index is 13.0. The van der Waals surface area contributed by atoms with Crippen molar-refractivity contribution in [2.24, 2.45) is 0 Å². The second-order valence-electron chi connectivity index (χ2n) is 6.33. The van der Waals surface area contributed by atoms with E-state index in [2.05, 4.69) is 0 Å². The summed E-state index contributed by atoms with van der Waals surface area (Å²) in [7, 11) is 0. The zero-order valence-corrected chi connectivity index (χ0v) is 13.1. The molecule has 2 aliphatic rings. The van der Waals surface area contributed by atoms with Crippen molar-refractivity contribution in [2.45, 2.75) is 25.6 Å². The standard InChI is InChI=1S/C19H17FN2O2/c20-16-7-5-13(6-8-16)10-21-12-18(23)22-11-15-4-2-1-3-14(15)9-17(22)19(21)24/h1-8,17H,9-12H2/t17-/m0/s1. The lowest BCUT2D eigenvalue weighted by Gasteiger charge is -2.43. The van der Waals surface area contributed by atoms with E-state index in [4.69, 9.17) is 0 Å². The van der Waals surface area contributed by atoms with Crippen LogP contribution in [0.1, 0.15) is 16.7 Å². The monoisotopic (exact) mass is 324 g/mol. The normalized spacial score (nSPS) is 20.0. The summed E-state index contributed by atoms with van der Waals surface area (Å²) in [6.45, 7) is 0.904. The molecule has 5 heteroatoms. The molecule has 0 bridgehead atoms. The predicted octanol–water partition coefficient (Wildman–Crippen LogP) is 2.12. The molecular weight excluding hydrogens is 307 g/mol. The highest BCUT2D eigenvalue weighted by Crippen LogP contribution is 2.27. The molecule has 1 saturated heterocycles. The molecule has 1 atom stereocenters. The van der Waals surface area contributed by atoms with Crippen molar-refractivity contribution in [2.75, 3.05) is 6.54 Å². The molecule has 0 radical (unpaired) electrons. The van der Waals surface area contributed by atoms with Crippen LogP contribution >= 0.6 is 0 Å². The summed E-state index contributed by atoms with van der Waals surface area (Å²) >= 11 is 0. The first kappa shape index (κ1) is 14.9. The molecule has 24 heavy (non-hydrogen) atoms. The van der Waals surface area contributed by atoms with Crippen LogP contribution in [-0.4, -0.2) is 34.2 Å². The summed E-state index contributed by atoms with van der Waals surface area (Å²) < 4.78 is 13.0. The topological polar surface area (TPSA) is 40.6 Å². The summed E-state index contributed by atoms with van der Waals surface area (Å²) in [4.78, 5) is 28.6. The number of carbonyl (C=O) groups is 2. The highest BCUT2D eigenvalue weighted by molar-refractivity contribution is 5.95. The molecule has 2 amide bonds. The van der Waals surface area contributed by atoms with E-state index >= 15 is 0 Å². The Kier molecular flexibility index (Phi) is 3.56. The van der Waals surface area contributed by atoms with E-state index < -0.39 is 6.04 Å². The van der Waals surface area contributed by atoms with E-state index in [1.807, 2.05) is 24.3 Å². The van der Waals surface area contributed by atoms with Gasteiger partial charge in [0, 0.05) is 19.5 Å². The quantitative estimate of drug-likeness (QED) is 0.849. The SMILES string of the molecule is O=C1[C@@H]2Cc3ccccc3CN2C(=O)CN1Cc1ccc(F)cc1. The molecule has 0 aromatic heterocycles. The molecule has 2 aromatic rings. The Morgan fingerprint density at radius 3 is 2.42 bits per heavy atom. The van der Waals surface area contributed by atoms with Gasteiger partial charge in [0.15, 0.2) is 0 Å². The van der Waals surface area contributed by atoms with E-state index in [0.29, 0.717) is 19.5 Å². The lowest BCUT2D eigenvalue weighted by atomic mass is 9.91. The highest BCUT2D eigenvalue weighted by Gasteiger charge is 2.41. The van der Waals surface area contributed by atoms with Crippen molar-refractivity contribution in [3.63, 3.8) is 0 Å². The lowest BCUT2D eigenvalue weighted by Crippen LogP contribution is -2.61. The summed E-state index contributed by atoms with van der Waals surface area (Å²) in [5, 5.41) is 0. The Morgan fingerprint density at radius 2 is 1.67 bits per heavy atom. The maximum atomic E-state index is 13.0. The van der Waals surface area contributed by atoms with Gasteiger partial charge < -0.3 is 9.80 Å². The molecule has 4 nitrogen and oxygen atoms in total. The number of nitrogens with zero attached hydrogens (tertiary/aromatic N) is 2. The minimum Gasteiger partial charge on any atom is -0.327 e. The zero-order valence-electron chi connectivity index (χ0n) is 13.1. The number of rotatable bonds is 2. The van der Waals surface area contributed by atoms with Crippen LogP contribution in [0.3, 0.4) is 0 Å². The molecule has 4 rings (SSSR count). The Labute approximate surface area is 139 Å². The largest absolute Gasteiger partial charge is 0.327 e. The van der Waals surface area contributed by atoms with Gasteiger partial charge in [-0.15, -0.1) is 0 Å². The average Bonchev–Trinajstić information content (AvgIpc) is 2.60. The highest BCUT2D eigenvalue weighted by atomic mass is 19.1. The fourth-order valence-corrected chi connectivity index (χ4v) is 3.49. The van der Waals surface area contributed by atoms with Gasteiger partial charge in [-0.1, -0.05) is 36.4 Å². The van der Waals surface area contributed by atoms with Gasteiger partial charge >= 0.3 is 0 Å². The second-order valence-corrected chi connectivity index (χ2v) is 6.33. The van der Waals surface area contributed by atoms with Crippen LogP contribution in [0.4, 0.5) is 4.39 Å². The van der Waals surface area contributed by atoms with E-state index in [-0.39, 0.29) is 24.2 Å². The van der Waals surface area contributed by atoms with Crippen molar-refractivity contribution in [3.05, 3.63) is 71.0 Å². The van der Waals surface area contributed by atoms with E-state index in [0.717, 1.165) is 16.7 Å². The van der Waals surface area contributed by atoms with Gasteiger partial charge in [0.25, 0.3) is 0 Å². The number of benzene rings is 2. The number of hydrogen-bond donors (Lipinski definition) is 0. The van der Waals surface area contributed by atoms with E-state index in [1.54, 1.807) is 21.9 Å². The van der Waals surface area contributed by atoms with E-state index in [1.165, 1.54) is 12.1 Å². The van der Waals surface area contributed by atoms with Crippen LogP contribution in [-0.2, 0) is 29.1 Å². The Hall–Kier alpha value is -2.69. The minimum absolute atomic E-state index is 0.0313. The third-order valence-corrected chi connectivity index (χ3v) is 4.78. The fraction of sp³-hybridized carbons (Fsp3) is 0.263. The summed E-state index contributed by atoms with van der Waals surface area (Å²) in [5.41, 5.74) is 3.06. The van der Waals surface area contributed by atoms with Crippen LogP contribution in [0.2, 0.25) is 0 Å². The lowest BCUT2D eigenvalue weighted by molar-refractivity contribution is -0.157. The smallest absolute Gasteiger partial charge is 0.246 e. The average molecular weight is 324 g/mol. The fourth-order valence-electron chi connectivity index (χ4n) is 3.49. The van der Waals surface area contributed by atoms with Crippen molar-refractivity contribution >= 4 is 11.8 Å². The van der Waals surface area contributed by atoms with Gasteiger partial charge in [-0.25, -0.2) is 4.39 Å². The van der Waals surface area contributed by atoms with Crippen LogP contribution in [0, 0.1) is 5.82 Å². The Balaban J connectivity index is 1.57. The van der Waals surface area contributed by atoms with Crippen molar-refractivity contribution < 1.29 is 14.0 Å². The number of hydrogen-bond acceptors (Lipinski definition) is 2. The number of piperazine rings is 1. The molecule has 2 heterocycles. The number of fused-ring (bicyclic) bond motifs is 2. The van der Waals surface area contributed by atoms with Crippen molar-refractivity contribution in [1.82, 2.24) is 9.80 Å². The van der Waals surface area contributed by atoms with Crippen molar-refractivity contribution in [3.8, 4) is 0 Å². The third-order valence-electron chi connectivity index (χ3n) is 4.78. The van der Waals surface area contributed by atoms with E-state index in [9.17, 15) is 14.0 Å². The minimum atomic E-state index is -0.429. The molecule has 1 fully saturated rings. The molecule has 2 aliphatic heterocycles. The molecule has 0 saturated carbocycles. The number of amides is 2. The summed E-state index contributed by atoms with van der Waals surface area (Å²) in [5.74, 6) is -0.375. The first-order valence-electron chi connectivity index (χ1n) is 8.01. The first-order chi connectivity index (χ1) is 11.6. The maximum Gasteiger partial charge on any atom is 0.246 e. The second kappa shape index (κ2) is 5.74. The van der Waals surface area contributed by atoms with Gasteiger partial charge in [-0.2, -0.15) is 0 Å². The van der Waals surface area contributed by atoms with Crippen molar-refractivity contribution in [1.29, 1.82) is 0 Å². The number of carbonyl (C=O) groups excluding carboxylic acids is 2. The van der Waals surface area contributed by atoms with Gasteiger partial charge in [-0.05, 0) is 28.8 Å². The van der Waals surface area contributed by atoms with Crippen LogP contribution in [0.15, 0.2) is 48.5 Å². The summed E-state index contributed by atoms with van der Waals surface area (Å²) in [6.07, 6.45) is 0.556. The molecule has 122 valence electrons. The van der Waals surface area contributed by atoms with Gasteiger partial charge in [0.2, 0.25) is 11.8 Å². The van der Waals surface area contributed by atoms with Gasteiger partial charge in [-0.3, -0.25) is 9.59 Å².